The summed E-state index contributed by atoms with van der Waals surface area (Å²) in [5.41, 5.74) is 0.815. The zero-order chi connectivity index (χ0) is 13.8. The van der Waals surface area contributed by atoms with Gasteiger partial charge in [0, 0.05) is 20.2 Å². The average Bonchev–Trinajstić information content (AvgIpc) is 2.39. The van der Waals surface area contributed by atoms with Crippen molar-refractivity contribution in [1.82, 2.24) is 4.98 Å². The lowest BCUT2D eigenvalue weighted by Crippen LogP contribution is -2.13. The first-order valence-electron chi connectivity index (χ1n) is 6.13. The fourth-order valence-corrected chi connectivity index (χ4v) is 1.72. The summed E-state index contributed by atoms with van der Waals surface area (Å²) < 4.78 is 18.8. The predicted molar refractivity (Wildman–Crippen MR) is 74.0 cm³/mol. The van der Waals surface area contributed by atoms with Crippen LogP contribution < -0.4 is 9.64 Å². The number of anilines is 1. The molecule has 1 aromatic carbocycles. The molecule has 0 bridgehead atoms. The van der Waals surface area contributed by atoms with E-state index in [0.717, 1.165) is 11.5 Å². The van der Waals surface area contributed by atoms with Gasteiger partial charge in [0.05, 0.1) is 5.69 Å². The Labute approximate surface area is 112 Å². The molecular weight excluding hydrogens is 243 g/mol. The molecule has 0 aliphatic carbocycles. The standard InChI is InChI=1S/C15H17FN2O/c1-11(19-13-7-4-6-12(16)10-13)14-8-5-9-15(17-14)18(2)3/h4-11H,1-3H3. The number of hydrogen-bond acceptors (Lipinski definition) is 3. The highest BCUT2D eigenvalue weighted by molar-refractivity contribution is 5.37. The molecule has 0 saturated carbocycles. The maximum Gasteiger partial charge on any atom is 0.138 e. The van der Waals surface area contributed by atoms with Gasteiger partial charge in [0.2, 0.25) is 0 Å². The van der Waals surface area contributed by atoms with Crippen LogP contribution in [0, 0.1) is 5.82 Å². The summed E-state index contributed by atoms with van der Waals surface area (Å²) in [6, 6.07) is 11.9. The second kappa shape index (κ2) is 5.69. The Bertz CT molecular complexity index is 557. The van der Waals surface area contributed by atoms with Crippen LogP contribution in [0.1, 0.15) is 18.7 Å². The molecule has 1 atom stereocenters. The second-order valence-electron chi connectivity index (χ2n) is 4.53. The first-order chi connectivity index (χ1) is 9.06. The lowest BCUT2D eigenvalue weighted by Gasteiger charge is -2.17. The van der Waals surface area contributed by atoms with Crippen molar-refractivity contribution < 1.29 is 9.13 Å². The van der Waals surface area contributed by atoms with Crippen molar-refractivity contribution in [2.24, 2.45) is 0 Å². The van der Waals surface area contributed by atoms with E-state index in [4.69, 9.17) is 4.74 Å². The molecule has 1 heterocycles. The Kier molecular flexibility index (Phi) is 4.00. The van der Waals surface area contributed by atoms with Crippen LogP contribution in [0.15, 0.2) is 42.5 Å². The Morgan fingerprint density at radius 1 is 1.16 bits per heavy atom. The number of benzene rings is 1. The fourth-order valence-electron chi connectivity index (χ4n) is 1.72. The number of nitrogens with zero attached hydrogens (tertiary/aromatic N) is 2. The van der Waals surface area contributed by atoms with Gasteiger partial charge in [0.1, 0.15) is 23.5 Å². The largest absolute Gasteiger partial charge is 0.484 e. The first-order valence-corrected chi connectivity index (χ1v) is 6.13. The van der Waals surface area contributed by atoms with Crippen LogP contribution in [0.2, 0.25) is 0 Å². The maximum atomic E-state index is 13.1. The summed E-state index contributed by atoms with van der Waals surface area (Å²) in [5.74, 6) is 1.07. The number of aromatic nitrogens is 1. The Morgan fingerprint density at radius 3 is 2.58 bits per heavy atom. The fraction of sp³-hybridized carbons (Fsp3) is 0.267. The molecule has 0 amide bonds. The molecule has 3 nitrogen and oxygen atoms in total. The smallest absolute Gasteiger partial charge is 0.138 e. The zero-order valence-corrected chi connectivity index (χ0v) is 11.3. The molecule has 100 valence electrons. The summed E-state index contributed by atoms with van der Waals surface area (Å²) in [6.07, 6.45) is -0.235. The van der Waals surface area contributed by atoms with Gasteiger partial charge in [-0.3, -0.25) is 0 Å². The monoisotopic (exact) mass is 260 g/mol. The van der Waals surface area contributed by atoms with Crippen molar-refractivity contribution in [2.45, 2.75) is 13.0 Å². The van der Waals surface area contributed by atoms with Crippen LogP contribution in [0.5, 0.6) is 5.75 Å². The van der Waals surface area contributed by atoms with Crippen molar-refractivity contribution in [2.75, 3.05) is 19.0 Å². The minimum Gasteiger partial charge on any atom is -0.484 e. The quantitative estimate of drug-likeness (QED) is 0.842. The maximum absolute atomic E-state index is 13.1. The van der Waals surface area contributed by atoms with Crippen LogP contribution >= 0.6 is 0 Å². The van der Waals surface area contributed by atoms with Crippen LogP contribution in [0.4, 0.5) is 10.2 Å². The topological polar surface area (TPSA) is 25.4 Å². The lowest BCUT2D eigenvalue weighted by molar-refractivity contribution is 0.221. The molecule has 0 saturated heterocycles. The molecule has 1 aromatic heterocycles. The Hall–Kier alpha value is -2.10. The summed E-state index contributed by atoms with van der Waals surface area (Å²) in [4.78, 5) is 6.43. The third kappa shape index (κ3) is 3.44. The third-order valence-corrected chi connectivity index (χ3v) is 2.74. The summed E-state index contributed by atoms with van der Waals surface area (Å²) in [6.45, 7) is 1.90. The first kappa shape index (κ1) is 13.3. The van der Waals surface area contributed by atoms with Gasteiger partial charge in [0.15, 0.2) is 0 Å². The lowest BCUT2D eigenvalue weighted by atomic mass is 10.2. The SMILES string of the molecule is CC(Oc1cccc(F)c1)c1cccc(N(C)C)n1. The number of ether oxygens (including phenoxy) is 1. The highest BCUT2D eigenvalue weighted by atomic mass is 19.1. The second-order valence-corrected chi connectivity index (χ2v) is 4.53. The van der Waals surface area contributed by atoms with Crippen molar-refractivity contribution >= 4 is 5.82 Å². The zero-order valence-electron chi connectivity index (χ0n) is 11.3. The van der Waals surface area contributed by atoms with E-state index in [2.05, 4.69) is 4.98 Å². The van der Waals surface area contributed by atoms with Gasteiger partial charge < -0.3 is 9.64 Å². The van der Waals surface area contributed by atoms with Crippen molar-refractivity contribution in [3.63, 3.8) is 0 Å². The van der Waals surface area contributed by atoms with Gasteiger partial charge in [-0.1, -0.05) is 12.1 Å². The molecule has 2 rings (SSSR count). The highest BCUT2D eigenvalue weighted by Crippen LogP contribution is 2.22. The van der Waals surface area contributed by atoms with E-state index in [1.165, 1.54) is 12.1 Å². The molecular formula is C15H17FN2O. The third-order valence-electron chi connectivity index (χ3n) is 2.74. The number of halogens is 1. The van der Waals surface area contributed by atoms with E-state index in [0.29, 0.717) is 5.75 Å². The predicted octanol–water partition coefficient (Wildman–Crippen LogP) is 3.43. The molecule has 0 aliphatic heterocycles. The molecule has 1 unspecified atom stereocenters. The minimum absolute atomic E-state index is 0.235. The van der Waals surface area contributed by atoms with Crippen LogP contribution in [0.25, 0.3) is 0 Å². The highest BCUT2D eigenvalue weighted by Gasteiger charge is 2.10. The van der Waals surface area contributed by atoms with Gasteiger partial charge in [0.25, 0.3) is 0 Å². The number of rotatable bonds is 4. The molecule has 4 heteroatoms. The summed E-state index contributed by atoms with van der Waals surface area (Å²) >= 11 is 0. The molecule has 0 radical (unpaired) electrons. The van der Waals surface area contributed by atoms with Gasteiger partial charge in [-0.05, 0) is 31.2 Å². The Morgan fingerprint density at radius 2 is 1.89 bits per heavy atom. The van der Waals surface area contributed by atoms with Gasteiger partial charge in [-0.2, -0.15) is 0 Å². The molecule has 0 aliphatic rings. The van der Waals surface area contributed by atoms with Gasteiger partial charge >= 0.3 is 0 Å². The van der Waals surface area contributed by atoms with Gasteiger partial charge in [-0.15, -0.1) is 0 Å². The number of pyridine rings is 1. The van der Waals surface area contributed by atoms with Crippen molar-refractivity contribution in [3.8, 4) is 5.75 Å². The van der Waals surface area contributed by atoms with E-state index >= 15 is 0 Å². The summed E-state index contributed by atoms with van der Waals surface area (Å²) in [7, 11) is 3.87. The van der Waals surface area contributed by atoms with E-state index < -0.39 is 0 Å². The molecule has 0 spiro atoms. The Balaban J connectivity index is 2.15. The van der Waals surface area contributed by atoms with E-state index in [-0.39, 0.29) is 11.9 Å². The van der Waals surface area contributed by atoms with E-state index in [1.54, 1.807) is 12.1 Å². The molecule has 0 fully saturated rings. The van der Waals surface area contributed by atoms with E-state index in [9.17, 15) is 4.39 Å². The summed E-state index contributed by atoms with van der Waals surface area (Å²) in [5, 5.41) is 0. The van der Waals surface area contributed by atoms with Crippen molar-refractivity contribution in [1.29, 1.82) is 0 Å². The van der Waals surface area contributed by atoms with Gasteiger partial charge in [-0.25, -0.2) is 9.37 Å². The van der Waals surface area contributed by atoms with E-state index in [1.807, 2.05) is 44.1 Å². The van der Waals surface area contributed by atoms with Crippen LogP contribution in [0.3, 0.4) is 0 Å². The average molecular weight is 260 g/mol. The molecule has 0 N–H and O–H groups in total. The van der Waals surface area contributed by atoms with Crippen molar-refractivity contribution in [3.05, 3.63) is 54.0 Å². The molecule has 19 heavy (non-hydrogen) atoms. The number of hydrogen-bond donors (Lipinski definition) is 0. The minimum atomic E-state index is -0.306. The molecule has 2 aromatic rings. The normalized spacial score (nSPS) is 12.0. The van der Waals surface area contributed by atoms with Crippen LogP contribution in [-0.4, -0.2) is 19.1 Å². The van der Waals surface area contributed by atoms with Crippen LogP contribution in [-0.2, 0) is 0 Å².